The molecule has 16 nitrogen and oxygen atoms in total. The van der Waals surface area contributed by atoms with Gasteiger partial charge in [-0.2, -0.15) is 0 Å². The van der Waals surface area contributed by atoms with E-state index in [2.05, 4.69) is 15.3 Å². The molecule has 0 radical (unpaired) electrons. The van der Waals surface area contributed by atoms with E-state index in [0.29, 0.717) is 23.4 Å². The lowest BCUT2D eigenvalue weighted by atomic mass is 9.77. The maximum absolute atomic E-state index is 14.2. The van der Waals surface area contributed by atoms with Crippen LogP contribution in [0, 0.1) is 23.7 Å². The Kier molecular flexibility index (Phi) is 14.6. The summed E-state index contributed by atoms with van der Waals surface area (Å²) in [6.45, 7) is 11.2. The van der Waals surface area contributed by atoms with Gasteiger partial charge in [-0.3, -0.25) is 19.4 Å². The number of hydrogen-bond donors (Lipinski definition) is 2. The van der Waals surface area contributed by atoms with Crippen LogP contribution in [-0.4, -0.2) is 130 Å². The zero-order valence-electron chi connectivity index (χ0n) is 33.8. The lowest BCUT2D eigenvalue weighted by Crippen LogP contribution is -2.58. The maximum atomic E-state index is 14.2. The smallest absolute Gasteiger partial charge is 0.316 e. The van der Waals surface area contributed by atoms with Crippen molar-refractivity contribution in [3.05, 3.63) is 36.2 Å². The summed E-state index contributed by atoms with van der Waals surface area (Å²) in [5.74, 6) is -4.86. The predicted octanol–water partition coefficient (Wildman–Crippen LogP) is 3.36. The molecule has 3 aliphatic heterocycles. The SMILES string of the molecule is CC[C@H]1OC(=O)[C@H](C)C(=O)[C@H](C)[C@@H](O[C@@H]2O[C@H](C)C[C@H](N(C)C)[C@H]2O)[C@H]2C[C@@H](C)C(=O)[C@H](C)[C@H](OC/C(=N\OCc3ccc(-c4ccno4)nc3)CO2)[C@]1(C)O. The Labute approximate surface area is 328 Å². The van der Waals surface area contributed by atoms with Crippen LogP contribution in [0.1, 0.15) is 73.3 Å². The topological polar surface area (TPSA) is 202 Å². The Morgan fingerprint density at radius 1 is 1.00 bits per heavy atom. The second-order valence-corrected chi connectivity index (χ2v) is 15.9. The Morgan fingerprint density at radius 3 is 2.38 bits per heavy atom. The molecule has 0 amide bonds. The third-order valence-electron chi connectivity index (χ3n) is 11.3. The lowest BCUT2D eigenvalue weighted by Gasteiger charge is -2.44. The van der Waals surface area contributed by atoms with E-state index in [-0.39, 0.29) is 56.3 Å². The number of likely N-dealkylation sites (N-methyl/N-ethyl adjacent to an activating group) is 1. The van der Waals surface area contributed by atoms with Gasteiger partial charge in [0.1, 0.15) is 47.5 Å². The number of oxime groups is 1. The zero-order valence-corrected chi connectivity index (χ0v) is 33.8. The highest BCUT2D eigenvalue weighted by molar-refractivity contribution is 6.00. The molecule has 310 valence electrons. The number of carbonyl (C=O) groups is 3. The van der Waals surface area contributed by atoms with Crippen molar-refractivity contribution in [1.29, 1.82) is 0 Å². The number of aromatic nitrogens is 2. The number of ketones is 2. The van der Waals surface area contributed by atoms with Crippen molar-refractivity contribution in [2.75, 3.05) is 27.3 Å². The number of aliphatic hydroxyl groups excluding tert-OH is 1. The van der Waals surface area contributed by atoms with Crippen molar-refractivity contribution >= 4 is 23.2 Å². The van der Waals surface area contributed by atoms with Gasteiger partial charge in [0.2, 0.25) is 0 Å². The third-order valence-corrected chi connectivity index (χ3v) is 11.3. The quantitative estimate of drug-likeness (QED) is 0.224. The van der Waals surface area contributed by atoms with Gasteiger partial charge in [0.05, 0.1) is 43.8 Å². The summed E-state index contributed by atoms with van der Waals surface area (Å²) in [6, 6.07) is 4.97. The number of Topliss-reactive ketones (excluding diaryl/α,β-unsaturated/α-hetero) is 2. The summed E-state index contributed by atoms with van der Waals surface area (Å²) >= 11 is 0. The number of ether oxygens (including phenoxy) is 5. The molecule has 0 spiro atoms. The molecule has 3 aliphatic rings. The summed E-state index contributed by atoms with van der Waals surface area (Å²) in [5, 5.41) is 31.7. The van der Waals surface area contributed by atoms with E-state index in [4.69, 9.17) is 33.0 Å². The molecular formula is C40H58N4O12. The minimum Gasteiger partial charge on any atom is -0.459 e. The Balaban J connectivity index is 1.54. The van der Waals surface area contributed by atoms with Crippen molar-refractivity contribution in [2.24, 2.45) is 28.8 Å². The van der Waals surface area contributed by atoms with E-state index in [1.807, 2.05) is 32.0 Å². The molecule has 2 aromatic heterocycles. The standard InChI is InChI=1S/C40H58N4O12/c1-10-32-40(7,49)37-24(5)33(45)21(2)15-31(50-19-27(20-51-37)43-52-18-26-11-12-28(41-17-26)30-13-14-42-56-30)36(23(4)34(46)25(6)38(48)54-32)55-39-35(47)29(44(8)9)16-22(3)53-39/h11-14,17,21-25,29,31-32,35-37,39,47,49H,10,15-16,18-20H2,1-9H3/b43-27-/t21-,22-,23+,24+,25-,29+,31-,32-,35-,36-,37+,39+,40-/m1/s1. The molecule has 0 saturated carbocycles. The van der Waals surface area contributed by atoms with E-state index >= 15 is 0 Å². The molecule has 2 N–H and O–H groups in total. The molecule has 16 heteroatoms. The molecule has 0 aliphatic carbocycles. The molecule has 5 heterocycles. The summed E-state index contributed by atoms with van der Waals surface area (Å²) < 4.78 is 36.7. The van der Waals surface area contributed by atoms with Crippen LogP contribution >= 0.6 is 0 Å². The second-order valence-electron chi connectivity index (χ2n) is 15.9. The number of aliphatic hydroxyl groups is 2. The molecule has 3 fully saturated rings. The highest BCUT2D eigenvalue weighted by Gasteiger charge is 2.50. The Hall–Kier alpha value is -3.64. The molecule has 3 saturated heterocycles. The van der Waals surface area contributed by atoms with Gasteiger partial charge in [-0.25, -0.2) is 0 Å². The number of carbonyl (C=O) groups excluding carboxylic acids is 3. The fraction of sp³-hybridized carbons (Fsp3) is 0.700. The number of hydrogen-bond acceptors (Lipinski definition) is 16. The van der Waals surface area contributed by atoms with Crippen LogP contribution in [0.25, 0.3) is 11.5 Å². The van der Waals surface area contributed by atoms with Gasteiger partial charge in [0, 0.05) is 41.6 Å². The summed E-state index contributed by atoms with van der Waals surface area (Å²) in [6.07, 6.45) is -2.94. The lowest BCUT2D eigenvalue weighted by molar-refractivity contribution is -0.284. The van der Waals surface area contributed by atoms with Gasteiger partial charge < -0.3 is 48.2 Å². The normalized spacial score (nSPS) is 37.4. The van der Waals surface area contributed by atoms with Crippen molar-refractivity contribution in [2.45, 2.75) is 129 Å². The van der Waals surface area contributed by atoms with Crippen LogP contribution < -0.4 is 0 Å². The van der Waals surface area contributed by atoms with Crippen LogP contribution in [0.4, 0.5) is 0 Å². The van der Waals surface area contributed by atoms with Gasteiger partial charge in [-0.1, -0.05) is 44.1 Å². The average molecular weight is 787 g/mol. The summed E-state index contributed by atoms with van der Waals surface area (Å²) in [4.78, 5) is 54.2. The highest BCUT2D eigenvalue weighted by atomic mass is 16.7. The van der Waals surface area contributed by atoms with Crippen LogP contribution in [0.5, 0.6) is 0 Å². The zero-order chi connectivity index (χ0) is 40.9. The number of esters is 1. The van der Waals surface area contributed by atoms with Gasteiger partial charge >= 0.3 is 5.97 Å². The first-order valence-corrected chi connectivity index (χ1v) is 19.5. The molecule has 2 aromatic rings. The molecular weight excluding hydrogens is 728 g/mol. The third kappa shape index (κ3) is 9.89. The number of nitrogens with zero attached hydrogens (tertiary/aromatic N) is 4. The predicted molar refractivity (Wildman–Crippen MR) is 201 cm³/mol. The van der Waals surface area contributed by atoms with Crippen molar-refractivity contribution in [1.82, 2.24) is 15.0 Å². The number of rotatable bonds is 8. The molecule has 13 atom stereocenters. The van der Waals surface area contributed by atoms with E-state index in [1.165, 1.54) is 20.0 Å². The number of pyridine rings is 1. The number of fused-ring (bicyclic) bond motifs is 5. The highest BCUT2D eigenvalue weighted by Crippen LogP contribution is 2.35. The van der Waals surface area contributed by atoms with Crippen LogP contribution in [-0.2, 0) is 49.5 Å². The van der Waals surface area contributed by atoms with Gasteiger partial charge in [0.15, 0.2) is 17.8 Å². The first-order chi connectivity index (χ1) is 26.5. The summed E-state index contributed by atoms with van der Waals surface area (Å²) in [5.41, 5.74) is -0.284. The van der Waals surface area contributed by atoms with Crippen LogP contribution in [0.2, 0.25) is 0 Å². The molecule has 56 heavy (non-hydrogen) atoms. The van der Waals surface area contributed by atoms with Crippen molar-refractivity contribution < 1.29 is 57.6 Å². The van der Waals surface area contributed by atoms with E-state index in [9.17, 15) is 24.6 Å². The maximum Gasteiger partial charge on any atom is 0.316 e. The summed E-state index contributed by atoms with van der Waals surface area (Å²) in [7, 11) is 3.71. The molecule has 2 bridgehead atoms. The minimum atomic E-state index is -1.87. The van der Waals surface area contributed by atoms with E-state index in [0.717, 1.165) is 0 Å². The van der Waals surface area contributed by atoms with E-state index < -0.39 is 77.8 Å². The van der Waals surface area contributed by atoms with Gasteiger partial charge in [0.25, 0.3) is 0 Å². The van der Waals surface area contributed by atoms with Gasteiger partial charge in [-0.05, 0) is 60.2 Å². The van der Waals surface area contributed by atoms with Crippen LogP contribution in [0.3, 0.4) is 0 Å². The second kappa shape index (κ2) is 18.7. The molecule has 5 rings (SSSR count). The first kappa shape index (κ1) is 43.5. The van der Waals surface area contributed by atoms with Crippen molar-refractivity contribution in [3.63, 3.8) is 0 Å². The monoisotopic (exact) mass is 786 g/mol. The average Bonchev–Trinajstić information content (AvgIpc) is 3.71. The van der Waals surface area contributed by atoms with Gasteiger partial charge in [-0.15, -0.1) is 0 Å². The molecule has 0 aromatic carbocycles. The molecule has 0 unspecified atom stereocenters. The first-order valence-electron chi connectivity index (χ1n) is 19.5. The minimum absolute atomic E-state index is 0.0365. The fourth-order valence-corrected chi connectivity index (χ4v) is 7.91. The Bertz CT molecular complexity index is 1650. The van der Waals surface area contributed by atoms with E-state index in [1.54, 1.807) is 46.0 Å². The number of cyclic esters (lactones) is 1. The Morgan fingerprint density at radius 2 is 1.73 bits per heavy atom. The van der Waals surface area contributed by atoms with Crippen molar-refractivity contribution in [3.8, 4) is 11.5 Å². The largest absolute Gasteiger partial charge is 0.459 e. The van der Waals surface area contributed by atoms with Crippen LogP contribution in [0.15, 0.2) is 40.3 Å². The fourth-order valence-electron chi connectivity index (χ4n) is 7.91.